The minimum absolute atomic E-state index is 0.468. The molecule has 18 heavy (non-hydrogen) atoms. The van der Waals surface area contributed by atoms with Gasteiger partial charge in [0.05, 0.1) is 5.52 Å². The second-order valence-corrected chi connectivity index (χ2v) is 4.13. The SMILES string of the molecule is O=Cc1ccc2cc(-c3ccccc3)ccc2n1. The lowest BCUT2D eigenvalue weighted by Crippen LogP contribution is -1.87. The highest BCUT2D eigenvalue weighted by Crippen LogP contribution is 2.23. The van der Waals surface area contributed by atoms with Crippen molar-refractivity contribution in [1.29, 1.82) is 0 Å². The first-order chi connectivity index (χ1) is 8.86. The number of hydrogen-bond donors (Lipinski definition) is 0. The topological polar surface area (TPSA) is 30.0 Å². The molecule has 1 aromatic heterocycles. The van der Waals surface area contributed by atoms with Crippen molar-refractivity contribution < 1.29 is 4.79 Å². The van der Waals surface area contributed by atoms with Gasteiger partial charge in [-0.3, -0.25) is 4.79 Å². The Kier molecular flexibility index (Phi) is 2.61. The van der Waals surface area contributed by atoms with Gasteiger partial charge in [0.2, 0.25) is 0 Å². The smallest absolute Gasteiger partial charge is 0.168 e. The first kappa shape index (κ1) is 10.7. The second kappa shape index (κ2) is 4.41. The molecule has 0 atom stereocenters. The zero-order valence-corrected chi connectivity index (χ0v) is 9.71. The highest BCUT2D eigenvalue weighted by atomic mass is 16.1. The van der Waals surface area contributed by atoms with Crippen LogP contribution in [-0.4, -0.2) is 11.3 Å². The van der Waals surface area contributed by atoms with Crippen molar-refractivity contribution in [3.8, 4) is 11.1 Å². The Bertz CT molecular complexity index is 705. The molecule has 3 aromatic rings. The van der Waals surface area contributed by atoms with E-state index in [1.165, 1.54) is 5.56 Å². The number of carbonyl (C=O) groups excluding carboxylic acids is 1. The van der Waals surface area contributed by atoms with Crippen LogP contribution in [0, 0.1) is 0 Å². The molecule has 0 saturated carbocycles. The van der Waals surface area contributed by atoms with E-state index < -0.39 is 0 Å². The van der Waals surface area contributed by atoms with Crippen molar-refractivity contribution in [2.45, 2.75) is 0 Å². The van der Waals surface area contributed by atoms with Crippen LogP contribution in [0.15, 0.2) is 60.7 Å². The predicted molar refractivity (Wildman–Crippen MR) is 72.6 cm³/mol. The Labute approximate surface area is 105 Å². The highest BCUT2D eigenvalue weighted by Gasteiger charge is 2.01. The van der Waals surface area contributed by atoms with Gasteiger partial charge in [0.1, 0.15) is 5.69 Å². The molecule has 0 aliphatic rings. The quantitative estimate of drug-likeness (QED) is 0.631. The molecular formula is C16H11NO. The van der Waals surface area contributed by atoms with Gasteiger partial charge in [0.25, 0.3) is 0 Å². The minimum Gasteiger partial charge on any atom is -0.296 e. The number of fused-ring (bicyclic) bond motifs is 1. The molecule has 0 bridgehead atoms. The first-order valence-electron chi connectivity index (χ1n) is 5.78. The van der Waals surface area contributed by atoms with Crippen LogP contribution in [0.2, 0.25) is 0 Å². The Hall–Kier alpha value is -2.48. The number of carbonyl (C=O) groups is 1. The maximum absolute atomic E-state index is 10.7. The largest absolute Gasteiger partial charge is 0.296 e. The average molecular weight is 233 g/mol. The van der Waals surface area contributed by atoms with Gasteiger partial charge in [-0.25, -0.2) is 4.98 Å². The van der Waals surface area contributed by atoms with Crippen LogP contribution in [0.5, 0.6) is 0 Å². The molecule has 2 nitrogen and oxygen atoms in total. The van der Waals surface area contributed by atoms with Crippen molar-refractivity contribution in [3.63, 3.8) is 0 Å². The molecule has 3 rings (SSSR count). The fourth-order valence-electron chi connectivity index (χ4n) is 2.02. The standard InChI is InChI=1S/C16H11NO/c18-11-15-8-6-14-10-13(7-9-16(14)17-15)12-4-2-1-3-5-12/h1-11H. The van der Waals surface area contributed by atoms with Crippen LogP contribution in [0.3, 0.4) is 0 Å². The fraction of sp³-hybridized carbons (Fsp3) is 0. The molecule has 86 valence electrons. The van der Waals surface area contributed by atoms with E-state index in [0.29, 0.717) is 5.69 Å². The second-order valence-electron chi connectivity index (χ2n) is 4.13. The van der Waals surface area contributed by atoms with Crippen molar-refractivity contribution in [3.05, 3.63) is 66.4 Å². The fourth-order valence-corrected chi connectivity index (χ4v) is 2.02. The van der Waals surface area contributed by atoms with E-state index in [1.807, 2.05) is 36.4 Å². The Morgan fingerprint density at radius 1 is 0.833 bits per heavy atom. The van der Waals surface area contributed by atoms with Crippen LogP contribution in [-0.2, 0) is 0 Å². The number of benzene rings is 2. The highest BCUT2D eigenvalue weighted by molar-refractivity contribution is 5.87. The van der Waals surface area contributed by atoms with Crippen LogP contribution in [0.25, 0.3) is 22.0 Å². The normalized spacial score (nSPS) is 10.4. The van der Waals surface area contributed by atoms with Crippen LogP contribution >= 0.6 is 0 Å². The van der Waals surface area contributed by atoms with Crippen molar-refractivity contribution in [2.24, 2.45) is 0 Å². The molecule has 0 aliphatic carbocycles. The molecule has 2 heteroatoms. The molecule has 0 radical (unpaired) electrons. The van der Waals surface area contributed by atoms with Gasteiger partial charge in [-0.15, -0.1) is 0 Å². The maximum atomic E-state index is 10.7. The summed E-state index contributed by atoms with van der Waals surface area (Å²) in [6.45, 7) is 0. The lowest BCUT2D eigenvalue weighted by Gasteiger charge is -2.04. The summed E-state index contributed by atoms with van der Waals surface area (Å²) in [5.74, 6) is 0. The van der Waals surface area contributed by atoms with Gasteiger partial charge in [-0.05, 0) is 29.3 Å². The first-order valence-corrected chi connectivity index (χ1v) is 5.78. The van der Waals surface area contributed by atoms with E-state index in [-0.39, 0.29) is 0 Å². The Balaban J connectivity index is 2.15. The van der Waals surface area contributed by atoms with Crippen LogP contribution in [0.4, 0.5) is 0 Å². The van der Waals surface area contributed by atoms with E-state index in [9.17, 15) is 4.79 Å². The summed E-state index contributed by atoms with van der Waals surface area (Å²) in [7, 11) is 0. The summed E-state index contributed by atoms with van der Waals surface area (Å²) in [5.41, 5.74) is 3.65. The number of nitrogens with zero attached hydrogens (tertiary/aromatic N) is 1. The molecular weight excluding hydrogens is 222 g/mol. The number of pyridine rings is 1. The third-order valence-corrected chi connectivity index (χ3v) is 2.94. The van der Waals surface area contributed by atoms with E-state index in [2.05, 4.69) is 23.2 Å². The monoisotopic (exact) mass is 233 g/mol. The summed E-state index contributed by atoms with van der Waals surface area (Å²) in [6, 6.07) is 19.9. The van der Waals surface area contributed by atoms with E-state index >= 15 is 0 Å². The molecule has 0 fully saturated rings. The predicted octanol–water partition coefficient (Wildman–Crippen LogP) is 3.71. The lowest BCUT2D eigenvalue weighted by molar-refractivity contribution is 0.111. The average Bonchev–Trinajstić information content (AvgIpc) is 2.47. The van der Waals surface area contributed by atoms with Gasteiger partial charge in [-0.2, -0.15) is 0 Å². The number of aldehydes is 1. The molecule has 1 heterocycles. The number of aromatic nitrogens is 1. The van der Waals surface area contributed by atoms with Crippen molar-refractivity contribution >= 4 is 17.2 Å². The molecule has 0 amide bonds. The zero-order chi connectivity index (χ0) is 12.4. The summed E-state index contributed by atoms with van der Waals surface area (Å²) < 4.78 is 0. The van der Waals surface area contributed by atoms with Crippen molar-refractivity contribution in [2.75, 3.05) is 0 Å². The van der Waals surface area contributed by atoms with E-state index in [0.717, 1.165) is 22.8 Å². The van der Waals surface area contributed by atoms with Crippen LogP contribution in [0.1, 0.15) is 10.5 Å². The minimum atomic E-state index is 0.468. The third-order valence-electron chi connectivity index (χ3n) is 2.94. The van der Waals surface area contributed by atoms with Gasteiger partial charge in [0.15, 0.2) is 6.29 Å². The zero-order valence-electron chi connectivity index (χ0n) is 9.71. The van der Waals surface area contributed by atoms with Crippen LogP contribution < -0.4 is 0 Å². The lowest BCUT2D eigenvalue weighted by atomic mass is 10.0. The van der Waals surface area contributed by atoms with Gasteiger partial charge >= 0.3 is 0 Å². The summed E-state index contributed by atoms with van der Waals surface area (Å²) in [4.78, 5) is 14.9. The summed E-state index contributed by atoms with van der Waals surface area (Å²) in [5, 5.41) is 1.04. The Morgan fingerprint density at radius 2 is 1.67 bits per heavy atom. The molecule has 0 aliphatic heterocycles. The van der Waals surface area contributed by atoms with Gasteiger partial charge in [-0.1, -0.05) is 42.5 Å². The molecule has 2 aromatic carbocycles. The molecule has 0 saturated heterocycles. The van der Waals surface area contributed by atoms with E-state index in [4.69, 9.17) is 0 Å². The van der Waals surface area contributed by atoms with Gasteiger partial charge in [0, 0.05) is 5.39 Å². The summed E-state index contributed by atoms with van der Waals surface area (Å²) >= 11 is 0. The molecule has 0 N–H and O–H groups in total. The van der Waals surface area contributed by atoms with E-state index in [1.54, 1.807) is 6.07 Å². The van der Waals surface area contributed by atoms with Crippen molar-refractivity contribution in [1.82, 2.24) is 4.98 Å². The summed E-state index contributed by atoms with van der Waals surface area (Å²) in [6.07, 6.45) is 0.768. The Morgan fingerprint density at radius 3 is 2.44 bits per heavy atom. The third kappa shape index (κ3) is 1.89. The number of hydrogen-bond acceptors (Lipinski definition) is 2. The molecule has 0 spiro atoms. The molecule has 0 unspecified atom stereocenters. The maximum Gasteiger partial charge on any atom is 0.168 e. The van der Waals surface area contributed by atoms with Gasteiger partial charge < -0.3 is 0 Å². The number of rotatable bonds is 2.